The number of ether oxygens (including phenoxy) is 1. The van der Waals surface area contributed by atoms with Gasteiger partial charge in [-0.05, 0) is 45.3 Å². The van der Waals surface area contributed by atoms with E-state index >= 15 is 0 Å². The summed E-state index contributed by atoms with van der Waals surface area (Å²) in [4.78, 5) is 13.0. The molecule has 0 unspecified atom stereocenters. The third-order valence-electron chi connectivity index (χ3n) is 4.43. The highest BCUT2D eigenvalue weighted by Gasteiger charge is 2.31. The zero-order valence-corrected chi connectivity index (χ0v) is 18.6. The van der Waals surface area contributed by atoms with E-state index in [-0.39, 0.29) is 42.3 Å². The lowest BCUT2D eigenvalue weighted by molar-refractivity contribution is -0.385. The summed E-state index contributed by atoms with van der Waals surface area (Å²) in [6, 6.07) is 10.2. The van der Waals surface area contributed by atoms with Crippen molar-refractivity contribution in [1.29, 1.82) is 0 Å². The molecule has 12 heteroatoms. The molecule has 1 saturated heterocycles. The predicted molar refractivity (Wildman–Crippen MR) is 115 cm³/mol. The van der Waals surface area contributed by atoms with Crippen molar-refractivity contribution in [1.82, 2.24) is 10.2 Å². The van der Waals surface area contributed by atoms with Crippen molar-refractivity contribution in [3.8, 4) is 5.75 Å². The van der Waals surface area contributed by atoms with Gasteiger partial charge in [-0.25, -0.2) is 0 Å². The summed E-state index contributed by atoms with van der Waals surface area (Å²) >= 11 is 3.18. The molecule has 0 aromatic heterocycles. The highest BCUT2D eigenvalue weighted by molar-refractivity contribution is 9.10. The van der Waals surface area contributed by atoms with Crippen LogP contribution in [0.25, 0.3) is 0 Å². The van der Waals surface area contributed by atoms with E-state index in [1.165, 1.54) is 18.2 Å². The molecule has 2 aromatic carbocycles. The number of nitro groups is 1. The fraction of sp³-hybridized carbons (Fsp3) is 0.333. The van der Waals surface area contributed by atoms with Crippen LogP contribution in [0.1, 0.15) is 17.2 Å². The van der Waals surface area contributed by atoms with Crippen molar-refractivity contribution in [2.24, 2.45) is 0 Å². The Kier molecular flexibility index (Phi) is 9.83. The molecule has 0 saturated carbocycles. The number of rotatable bonds is 5. The third-order valence-corrected chi connectivity index (χ3v) is 5.10. The van der Waals surface area contributed by atoms with E-state index in [4.69, 9.17) is 0 Å². The normalized spacial score (nSPS) is 15.5. The maximum Gasteiger partial charge on any atom is 0.573 e. The van der Waals surface area contributed by atoms with Crippen LogP contribution in [0.2, 0.25) is 0 Å². The van der Waals surface area contributed by atoms with Crippen LogP contribution < -0.4 is 10.1 Å². The van der Waals surface area contributed by atoms with Crippen LogP contribution in [0.15, 0.2) is 46.9 Å². The standard InChI is InChI=1S/C18H17BrF3N3O3.2ClH/c19-15-6-3-13(11-16(15)25(26)27)17(24-9-7-23-8-10-24)12-1-4-14(5-2-12)28-18(20,21)22;;/h1-6,11,17,23H,7-10H2;2*1H/t17-;;/m1../s1. The molecule has 0 spiro atoms. The molecule has 0 radical (unpaired) electrons. The van der Waals surface area contributed by atoms with Crippen LogP contribution in [0.4, 0.5) is 18.9 Å². The maximum absolute atomic E-state index is 12.4. The van der Waals surface area contributed by atoms with Gasteiger partial charge >= 0.3 is 6.36 Å². The zero-order chi connectivity index (χ0) is 20.3. The number of benzene rings is 2. The molecule has 3 rings (SSSR count). The lowest BCUT2D eigenvalue weighted by Gasteiger charge is -2.35. The molecule has 6 nitrogen and oxygen atoms in total. The van der Waals surface area contributed by atoms with E-state index in [9.17, 15) is 23.3 Å². The molecule has 1 fully saturated rings. The molecule has 1 aliphatic heterocycles. The number of hydrogen-bond acceptors (Lipinski definition) is 5. The minimum Gasteiger partial charge on any atom is -0.406 e. The highest BCUT2D eigenvalue weighted by atomic mass is 79.9. The van der Waals surface area contributed by atoms with Gasteiger partial charge in [0.05, 0.1) is 15.4 Å². The summed E-state index contributed by atoms with van der Waals surface area (Å²) in [5.74, 6) is -0.308. The van der Waals surface area contributed by atoms with E-state index in [0.717, 1.165) is 18.7 Å². The molecule has 30 heavy (non-hydrogen) atoms. The molecule has 166 valence electrons. The van der Waals surface area contributed by atoms with Gasteiger partial charge in [-0.2, -0.15) is 0 Å². The van der Waals surface area contributed by atoms with Gasteiger partial charge in [0.1, 0.15) is 5.75 Å². The molecule has 1 N–H and O–H groups in total. The van der Waals surface area contributed by atoms with Crippen LogP contribution in [0.3, 0.4) is 0 Å². The fourth-order valence-corrected chi connectivity index (χ4v) is 3.64. The average molecular weight is 533 g/mol. The Hall–Kier alpha value is -1.59. The smallest absolute Gasteiger partial charge is 0.406 e. The van der Waals surface area contributed by atoms with Crippen molar-refractivity contribution in [3.63, 3.8) is 0 Å². The number of nitrogens with one attached hydrogen (secondary N) is 1. The van der Waals surface area contributed by atoms with Crippen molar-refractivity contribution in [2.75, 3.05) is 26.2 Å². The van der Waals surface area contributed by atoms with Crippen LogP contribution >= 0.6 is 40.7 Å². The van der Waals surface area contributed by atoms with E-state index < -0.39 is 11.3 Å². The molecule has 0 amide bonds. The topological polar surface area (TPSA) is 67.6 Å². The van der Waals surface area contributed by atoms with Gasteiger partial charge in [0.15, 0.2) is 0 Å². The summed E-state index contributed by atoms with van der Waals surface area (Å²) in [6.07, 6.45) is -4.76. The number of piperazine rings is 1. The minimum atomic E-state index is -4.76. The average Bonchev–Trinajstić information content (AvgIpc) is 2.64. The highest BCUT2D eigenvalue weighted by Crippen LogP contribution is 2.35. The predicted octanol–water partition coefficient (Wildman–Crippen LogP) is 5.09. The van der Waals surface area contributed by atoms with Gasteiger partial charge in [-0.15, -0.1) is 38.0 Å². The lowest BCUT2D eigenvalue weighted by Crippen LogP contribution is -2.45. The molecule has 2 aromatic rings. The lowest BCUT2D eigenvalue weighted by atomic mass is 9.96. The summed E-state index contributed by atoms with van der Waals surface area (Å²) in [7, 11) is 0. The Bertz CT molecular complexity index is 851. The van der Waals surface area contributed by atoms with Crippen LogP contribution in [-0.2, 0) is 0 Å². The SMILES string of the molecule is Cl.Cl.O=[N+]([O-])c1cc([C@@H](c2ccc(OC(F)(F)F)cc2)N2CCNCC2)ccc1Br. The zero-order valence-electron chi connectivity index (χ0n) is 15.4. The van der Waals surface area contributed by atoms with E-state index in [2.05, 4.69) is 30.9 Å². The Morgan fingerprint density at radius 2 is 1.63 bits per heavy atom. The number of alkyl halides is 3. The largest absolute Gasteiger partial charge is 0.573 e. The van der Waals surface area contributed by atoms with Gasteiger partial charge in [0.2, 0.25) is 0 Å². The van der Waals surface area contributed by atoms with Crippen LogP contribution in [0, 0.1) is 10.1 Å². The number of nitro benzene ring substituents is 1. The molecular formula is C18H19BrCl2F3N3O3. The molecule has 1 atom stereocenters. The van der Waals surface area contributed by atoms with E-state index in [1.54, 1.807) is 24.3 Å². The van der Waals surface area contributed by atoms with Gasteiger partial charge in [-0.3, -0.25) is 15.0 Å². The van der Waals surface area contributed by atoms with E-state index in [1.807, 2.05) is 0 Å². The first-order valence-electron chi connectivity index (χ1n) is 8.49. The second-order valence-corrected chi connectivity index (χ2v) is 7.13. The van der Waals surface area contributed by atoms with Gasteiger partial charge < -0.3 is 10.1 Å². The second-order valence-electron chi connectivity index (χ2n) is 6.27. The van der Waals surface area contributed by atoms with Gasteiger partial charge in [0.25, 0.3) is 5.69 Å². The van der Waals surface area contributed by atoms with Gasteiger partial charge in [0, 0.05) is 32.2 Å². The number of halogens is 6. The Morgan fingerprint density at radius 3 is 2.17 bits per heavy atom. The first-order valence-corrected chi connectivity index (χ1v) is 9.28. The monoisotopic (exact) mass is 531 g/mol. The summed E-state index contributed by atoms with van der Waals surface area (Å²) < 4.78 is 41.5. The quantitative estimate of drug-likeness (QED) is 0.429. The Balaban J connectivity index is 0.00000225. The van der Waals surface area contributed by atoms with E-state index in [0.29, 0.717) is 23.1 Å². The molecule has 0 bridgehead atoms. The maximum atomic E-state index is 12.4. The molecule has 0 aliphatic carbocycles. The number of hydrogen-bond donors (Lipinski definition) is 1. The van der Waals surface area contributed by atoms with Gasteiger partial charge in [-0.1, -0.05) is 18.2 Å². The van der Waals surface area contributed by atoms with Crippen molar-refractivity contribution >= 4 is 46.4 Å². The Morgan fingerprint density at radius 1 is 1.07 bits per heavy atom. The summed E-state index contributed by atoms with van der Waals surface area (Å²) in [5.41, 5.74) is 1.36. The van der Waals surface area contributed by atoms with Crippen molar-refractivity contribution in [3.05, 3.63) is 68.2 Å². The first-order chi connectivity index (χ1) is 13.2. The first kappa shape index (κ1) is 26.4. The third kappa shape index (κ3) is 6.71. The fourth-order valence-electron chi connectivity index (χ4n) is 3.25. The van der Waals surface area contributed by atoms with Crippen LogP contribution in [-0.4, -0.2) is 42.4 Å². The van der Waals surface area contributed by atoms with Crippen molar-refractivity contribution in [2.45, 2.75) is 12.4 Å². The summed E-state index contributed by atoms with van der Waals surface area (Å²) in [6.45, 7) is 2.92. The summed E-state index contributed by atoms with van der Waals surface area (Å²) in [5, 5.41) is 14.6. The second kappa shape index (κ2) is 11.1. The molecule has 1 aliphatic rings. The minimum absolute atomic E-state index is 0. The van der Waals surface area contributed by atoms with Crippen molar-refractivity contribution < 1.29 is 22.8 Å². The molecular weight excluding hydrogens is 514 g/mol. The molecule has 1 heterocycles. The van der Waals surface area contributed by atoms with Crippen LogP contribution in [0.5, 0.6) is 5.75 Å². The Labute approximate surface area is 191 Å². The number of nitrogens with zero attached hydrogens (tertiary/aromatic N) is 2.